The predicted molar refractivity (Wildman–Crippen MR) is 102 cm³/mol. The lowest BCUT2D eigenvalue weighted by Crippen LogP contribution is -2.39. The van der Waals surface area contributed by atoms with E-state index in [0.29, 0.717) is 6.54 Å². The summed E-state index contributed by atoms with van der Waals surface area (Å²) < 4.78 is 2.06. The molecule has 0 saturated carbocycles. The summed E-state index contributed by atoms with van der Waals surface area (Å²) in [6.07, 6.45) is 3.02. The van der Waals surface area contributed by atoms with Crippen molar-refractivity contribution in [2.24, 2.45) is 0 Å². The maximum absolute atomic E-state index is 13.1. The number of rotatable bonds is 4. The summed E-state index contributed by atoms with van der Waals surface area (Å²) in [5, 5.41) is 10.6. The van der Waals surface area contributed by atoms with Gasteiger partial charge in [-0.3, -0.25) is 14.3 Å². The summed E-state index contributed by atoms with van der Waals surface area (Å²) in [6.45, 7) is 3.92. The van der Waals surface area contributed by atoms with E-state index in [0.717, 1.165) is 53.9 Å². The van der Waals surface area contributed by atoms with E-state index in [2.05, 4.69) is 14.5 Å². The van der Waals surface area contributed by atoms with Crippen molar-refractivity contribution in [3.8, 4) is 5.82 Å². The van der Waals surface area contributed by atoms with Gasteiger partial charge in [-0.2, -0.15) is 0 Å². The van der Waals surface area contributed by atoms with Gasteiger partial charge in [0.25, 0.3) is 0 Å². The van der Waals surface area contributed by atoms with E-state index in [1.807, 2.05) is 49.4 Å². The predicted octanol–water partition coefficient (Wildman–Crippen LogP) is 2.97. The average molecular weight is 349 g/mol. The number of aliphatic hydroxyl groups is 1. The first-order valence-electron chi connectivity index (χ1n) is 9.10. The molecule has 0 aliphatic carbocycles. The molecule has 0 bridgehead atoms. The maximum atomic E-state index is 13.1. The van der Waals surface area contributed by atoms with Crippen LogP contribution in [0.1, 0.15) is 28.9 Å². The minimum atomic E-state index is -0.228. The van der Waals surface area contributed by atoms with Gasteiger partial charge in [0.05, 0.1) is 18.2 Å². The molecular formula is C21H23N3O2. The summed E-state index contributed by atoms with van der Waals surface area (Å²) in [4.78, 5) is 19.7. The number of hydrogen-bond acceptors (Lipinski definition) is 4. The number of carbonyl (C=O) groups excluding carboxylic acids is 1. The van der Waals surface area contributed by atoms with Crippen molar-refractivity contribution >= 4 is 16.7 Å². The number of piperidine rings is 1. The number of likely N-dealkylation sites (tertiary alicyclic amines) is 1. The number of hydrogen-bond donors (Lipinski definition) is 1. The zero-order valence-corrected chi connectivity index (χ0v) is 14.9. The van der Waals surface area contributed by atoms with Crippen molar-refractivity contribution < 1.29 is 9.90 Å². The summed E-state index contributed by atoms with van der Waals surface area (Å²) in [6, 6.07) is 13.8. The number of nitrogens with zero attached hydrogens (tertiary/aromatic N) is 3. The monoisotopic (exact) mass is 349 g/mol. The number of carbonyl (C=O) groups is 1. The summed E-state index contributed by atoms with van der Waals surface area (Å²) in [5.41, 5.74) is 2.70. The number of pyridine rings is 1. The number of benzene rings is 1. The van der Waals surface area contributed by atoms with Gasteiger partial charge in [0.1, 0.15) is 5.82 Å². The Morgan fingerprint density at radius 2 is 1.88 bits per heavy atom. The van der Waals surface area contributed by atoms with Crippen molar-refractivity contribution in [1.82, 2.24) is 14.5 Å². The van der Waals surface area contributed by atoms with Gasteiger partial charge in [0, 0.05) is 35.9 Å². The van der Waals surface area contributed by atoms with Gasteiger partial charge in [-0.1, -0.05) is 24.3 Å². The van der Waals surface area contributed by atoms with Gasteiger partial charge in [-0.25, -0.2) is 4.98 Å². The largest absolute Gasteiger partial charge is 0.393 e. The zero-order valence-electron chi connectivity index (χ0n) is 14.9. The molecule has 2 aromatic heterocycles. The maximum Gasteiger partial charge on any atom is 0.179 e. The van der Waals surface area contributed by atoms with Gasteiger partial charge in [-0.05, 0) is 38.0 Å². The van der Waals surface area contributed by atoms with Crippen LogP contribution in [-0.4, -0.2) is 51.1 Å². The topological polar surface area (TPSA) is 58.4 Å². The fourth-order valence-corrected chi connectivity index (χ4v) is 3.86. The van der Waals surface area contributed by atoms with E-state index >= 15 is 0 Å². The average Bonchev–Trinajstić information content (AvgIpc) is 2.96. The van der Waals surface area contributed by atoms with Gasteiger partial charge < -0.3 is 5.11 Å². The van der Waals surface area contributed by atoms with Crippen LogP contribution in [-0.2, 0) is 0 Å². The van der Waals surface area contributed by atoms with E-state index in [9.17, 15) is 9.90 Å². The van der Waals surface area contributed by atoms with Gasteiger partial charge in [-0.15, -0.1) is 0 Å². The number of aliphatic hydroxyl groups excluding tert-OH is 1. The van der Waals surface area contributed by atoms with Crippen molar-refractivity contribution in [2.45, 2.75) is 25.9 Å². The van der Waals surface area contributed by atoms with Crippen LogP contribution in [0.25, 0.3) is 16.7 Å². The molecule has 4 rings (SSSR count). The number of Topliss-reactive ketones (excluding diaryl/α,β-unsaturated/α-hetero) is 1. The highest BCUT2D eigenvalue weighted by atomic mass is 16.3. The summed E-state index contributed by atoms with van der Waals surface area (Å²) in [7, 11) is 0. The van der Waals surface area contributed by atoms with E-state index < -0.39 is 0 Å². The van der Waals surface area contributed by atoms with Crippen molar-refractivity contribution in [2.75, 3.05) is 19.6 Å². The third kappa shape index (κ3) is 3.04. The Kier molecular flexibility index (Phi) is 4.57. The second kappa shape index (κ2) is 7.02. The molecule has 0 spiro atoms. The Morgan fingerprint density at radius 3 is 2.62 bits per heavy atom. The molecule has 26 heavy (non-hydrogen) atoms. The molecule has 0 amide bonds. The number of ketones is 1. The lowest BCUT2D eigenvalue weighted by Gasteiger charge is -2.28. The van der Waals surface area contributed by atoms with E-state index in [1.165, 1.54) is 0 Å². The Morgan fingerprint density at radius 1 is 1.15 bits per heavy atom. The molecule has 5 heteroatoms. The molecule has 5 nitrogen and oxygen atoms in total. The molecule has 1 N–H and O–H groups in total. The van der Waals surface area contributed by atoms with Crippen LogP contribution in [0, 0.1) is 6.92 Å². The second-order valence-corrected chi connectivity index (χ2v) is 6.93. The number of aromatic nitrogens is 2. The molecule has 134 valence electrons. The van der Waals surface area contributed by atoms with E-state index in [1.54, 1.807) is 6.20 Å². The molecule has 1 fully saturated rings. The van der Waals surface area contributed by atoms with E-state index in [-0.39, 0.29) is 11.9 Å². The molecule has 0 atom stereocenters. The van der Waals surface area contributed by atoms with Crippen molar-refractivity contribution in [3.63, 3.8) is 0 Å². The van der Waals surface area contributed by atoms with Gasteiger partial charge >= 0.3 is 0 Å². The first-order valence-corrected chi connectivity index (χ1v) is 9.10. The molecule has 1 aromatic carbocycles. The zero-order chi connectivity index (χ0) is 18.1. The highest BCUT2D eigenvalue weighted by Gasteiger charge is 2.24. The molecular weight excluding hydrogens is 326 g/mol. The number of fused-ring (bicyclic) bond motifs is 1. The third-order valence-corrected chi connectivity index (χ3v) is 5.19. The minimum Gasteiger partial charge on any atom is -0.393 e. The van der Waals surface area contributed by atoms with Crippen molar-refractivity contribution in [1.29, 1.82) is 0 Å². The Hall–Kier alpha value is -2.50. The molecule has 1 aliphatic rings. The molecule has 1 saturated heterocycles. The fraction of sp³-hybridized carbons (Fsp3) is 0.333. The van der Waals surface area contributed by atoms with Gasteiger partial charge in [0.2, 0.25) is 0 Å². The molecule has 0 radical (unpaired) electrons. The fourth-order valence-electron chi connectivity index (χ4n) is 3.86. The normalized spacial score (nSPS) is 16.2. The van der Waals surface area contributed by atoms with Crippen LogP contribution >= 0.6 is 0 Å². The Labute approximate surface area is 152 Å². The smallest absolute Gasteiger partial charge is 0.179 e. The molecule has 3 aromatic rings. The van der Waals surface area contributed by atoms with Crippen LogP contribution in [0.3, 0.4) is 0 Å². The van der Waals surface area contributed by atoms with Crippen LogP contribution in [0.5, 0.6) is 0 Å². The van der Waals surface area contributed by atoms with Crippen LogP contribution in [0.4, 0.5) is 0 Å². The molecule has 0 unspecified atom stereocenters. The third-order valence-electron chi connectivity index (χ3n) is 5.19. The van der Waals surface area contributed by atoms with Crippen LogP contribution in [0.2, 0.25) is 0 Å². The molecule has 3 heterocycles. The first-order chi connectivity index (χ1) is 12.6. The lowest BCUT2D eigenvalue weighted by molar-refractivity contribution is 0.0711. The van der Waals surface area contributed by atoms with Crippen molar-refractivity contribution in [3.05, 3.63) is 59.9 Å². The molecule has 1 aliphatic heterocycles. The summed E-state index contributed by atoms with van der Waals surface area (Å²) >= 11 is 0. The SMILES string of the molecule is Cc1c(C(=O)CN2CCC(O)CC2)c2ccccc2n1-c1ccccn1. The summed E-state index contributed by atoms with van der Waals surface area (Å²) in [5.74, 6) is 0.950. The van der Waals surface area contributed by atoms with Gasteiger partial charge in [0.15, 0.2) is 5.78 Å². The Balaban J connectivity index is 1.73. The highest BCUT2D eigenvalue weighted by Crippen LogP contribution is 2.29. The van der Waals surface area contributed by atoms with E-state index in [4.69, 9.17) is 0 Å². The van der Waals surface area contributed by atoms with Crippen LogP contribution in [0.15, 0.2) is 48.7 Å². The minimum absolute atomic E-state index is 0.129. The second-order valence-electron chi connectivity index (χ2n) is 6.93. The first kappa shape index (κ1) is 16.9. The number of para-hydroxylation sites is 1. The highest BCUT2D eigenvalue weighted by molar-refractivity contribution is 6.10. The van der Waals surface area contributed by atoms with Crippen LogP contribution < -0.4 is 0 Å². The quantitative estimate of drug-likeness (QED) is 0.736. The lowest BCUT2D eigenvalue weighted by atomic mass is 10.0. The standard InChI is InChI=1S/C21H23N3O2/c1-15-21(19(26)14-23-12-9-16(25)10-13-23)17-6-2-3-7-18(17)24(15)20-8-4-5-11-22-20/h2-8,11,16,25H,9-10,12-14H2,1H3. The Bertz CT molecular complexity index is 925.